The third-order valence-electron chi connectivity index (χ3n) is 4.70. The lowest BCUT2D eigenvalue weighted by molar-refractivity contribution is 0.00593. The minimum absolute atomic E-state index is 0.00725. The molecule has 0 radical (unpaired) electrons. The summed E-state index contributed by atoms with van der Waals surface area (Å²) in [5, 5.41) is 11.3. The van der Waals surface area contributed by atoms with Gasteiger partial charge in [-0.3, -0.25) is 4.90 Å². The van der Waals surface area contributed by atoms with E-state index in [-0.39, 0.29) is 6.04 Å². The smallest absolute Gasteiger partial charge is 0.119 e. The van der Waals surface area contributed by atoms with Gasteiger partial charge in [-0.25, -0.2) is 0 Å². The number of hydrogen-bond donors (Lipinski definition) is 1. The third-order valence-corrected chi connectivity index (χ3v) is 4.70. The molecule has 1 heterocycles. The molecule has 2 unspecified atom stereocenters. The number of likely N-dealkylation sites (N-methyl/N-ethyl adjacent to an activating group) is 1. The summed E-state index contributed by atoms with van der Waals surface area (Å²) in [5.74, 6) is 0.828. The Kier molecular flexibility index (Phi) is 5.03. The van der Waals surface area contributed by atoms with Crippen LogP contribution in [0, 0.1) is 0 Å². The highest BCUT2D eigenvalue weighted by atomic mass is 16.5. The van der Waals surface area contributed by atoms with Crippen LogP contribution in [0.2, 0.25) is 0 Å². The molecule has 0 saturated carbocycles. The van der Waals surface area contributed by atoms with E-state index < -0.39 is 5.60 Å². The predicted molar refractivity (Wildman–Crippen MR) is 97.1 cm³/mol. The Hall–Kier alpha value is -2.10. The summed E-state index contributed by atoms with van der Waals surface area (Å²) in [4.78, 5) is 2.22. The summed E-state index contributed by atoms with van der Waals surface area (Å²) < 4.78 is 5.77. The van der Waals surface area contributed by atoms with E-state index in [1.165, 1.54) is 0 Å². The second kappa shape index (κ2) is 7.20. The van der Waals surface area contributed by atoms with E-state index >= 15 is 0 Å². The Balaban J connectivity index is 1.67. The molecule has 2 atom stereocenters. The normalized spacial score (nSPS) is 24.0. The lowest BCUT2D eigenvalue weighted by atomic mass is 9.84. The quantitative estimate of drug-likeness (QED) is 0.820. The molecular weight excluding hydrogens is 298 g/mol. The second-order valence-corrected chi connectivity index (χ2v) is 6.68. The van der Waals surface area contributed by atoms with E-state index in [4.69, 9.17) is 4.74 Å². The maximum Gasteiger partial charge on any atom is 0.119 e. The molecule has 24 heavy (non-hydrogen) atoms. The number of para-hydroxylation sites is 1. The van der Waals surface area contributed by atoms with Crippen molar-refractivity contribution in [1.82, 2.24) is 4.90 Å². The first-order valence-electron chi connectivity index (χ1n) is 8.40. The zero-order valence-corrected chi connectivity index (χ0v) is 14.2. The van der Waals surface area contributed by atoms with Crippen molar-refractivity contribution in [3.05, 3.63) is 78.4 Å². The van der Waals surface area contributed by atoms with Crippen molar-refractivity contribution in [2.45, 2.75) is 24.5 Å². The second-order valence-electron chi connectivity index (χ2n) is 6.68. The van der Waals surface area contributed by atoms with Crippen LogP contribution in [-0.2, 0) is 0 Å². The highest BCUT2D eigenvalue weighted by molar-refractivity contribution is 5.26. The first kappa shape index (κ1) is 16.7. The molecular formula is C21H25NO2. The van der Waals surface area contributed by atoms with Gasteiger partial charge in [0, 0.05) is 13.0 Å². The Labute approximate surface area is 144 Å². The van der Waals surface area contributed by atoms with Gasteiger partial charge in [0.15, 0.2) is 0 Å². The van der Waals surface area contributed by atoms with Crippen molar-refractivity contribution < 1.29 is 9.84 Å². The van der Waals surface area contributed by atoms with Crippen molar-refractivity contribution in [1.29, 1.82) is 0 Å². The van der Waals surface area contributed by atoms with Gasteiger partial charge in [-0.1, -0.05) is 55.1 Å². The van der Waals surface area contributed by atoms with Crippen LogP contribution >= 0.6 is 0 Å². The van der Waals surface area contributed by atoms with E-state index in [9.17, 15) is 5.11 Å². The minimum atomic E-state index is -0.798. The molecule has 0 spiro atoms. The van der Waals surface area contributed by atoms with Crippen molar-refractivity contribution in [3.63, 3.8) is 0 Å². The standard InChI is InChI=1S/C21H25NO2/c1-17(16-24-19-11-7-4-8-12-19)15-21(23)13-14-22(2)20(21)18-9-5-3-6-10-18/h3-12,20,23H,1,13-16H2,2H3. The summed E-state index contributed by atoms with van der Waals surface area (Å²) in [6.07, 6.45) is 1.29. The first-order valence-corrected chi connectivity index (χ1v) is 8.40. The summed E-state index contributed by atoms with van der Waals surface area (Å²) in [6, 6.07) is 19.9. The number of aliphatic hydroxyl groups is 1. The van der Waals surface area contributed by atoms with E-state index in [0.717, 1.165) is 29.9 Å². The third kappa shape index (κ3) is 3.69. The number of likely N-dealkylation sites (tertiary alicyclic amines) is 1. The fourth-order valence-corrected chi connectivity index (χ4v) is 3.62. The lowest BCUT2D eigenvalue weighted by Gasteiger charge is -2.33. The zero-order chi connectivity index (χ0) is 17.0. The molecule has 0 aliphatic carbocycles. The van der Waals surface area contributed by atoms with Crippen LogP contribution in [0.25, 0.3) is 0 Å². The van der Waals surface area contributed by atoms with Gasteiger partial charge >= 0.3 is 0 Å². The van der Waals surface area contributed by atoms with E-state index in [0.29, 0.717) is 13.0 Å². The van der Waals surface area contributed by atoms with Gasteiger partial charge < -0.3 is 9.84 Å². The average molecular weight is 323 g/mol. The Morgan fingerprint density at radius 2 is 1.79 bits per heavy atom. The van der Waals surface area contributed by atoms with E-state index in [2.05, 4.69) is 30.7 Å². The monoisotopic (exact) mass is 323 g/mol. The van der Waals surface area contributed by atoms with Gasteiger partial charge in [0.1, 0.15) is 12.4 Å². The van der Waals surface area contributed by atoms with Gasteiger partial charge in [0.25, 0.3) is 0 Å². The summed E-state index contributed by atoms with van der Waals surface area (Å²) >= 11 is 0. The van der Waals surface area contributed by atoms with Gasteiger partial charge in [-0.15, -0.1) is 0 Å². The molecule has 1 N–H and O–H groups in total. The molecule has 0 bridgehead atoms. The maximum absolute atomic E-state index is 11.3. The SMILES string of the molecule is C=C(COc1ccccc1)CC1(O)CCN(C)C1c1ccccc1. The molecule has 126 valence electrons. The van der Waals surface area contributed by atoms with Crippen LogP contribution in [0.3, 0.4) is 0 Å². The first-order chi connectivity index (χ1) is 11.6. The van der Waals surface area contributed by atoms with Crippen LogP contribution in [0.4, 0.5) is 0 Å². The van der Waals surface area contributed by atoms with Crippen LogP contribution in [0.5, 0.6) is 5.75 Å². The van der Waals surface area contributed by atoms with E-state index in [1.54, 1.807) is 0 Å². The van der Waals surface area contributed by atoms with Crippen molar-refractivity contribution >= 4 is 0 Å². The van der Waals surface area contributed by atoms with Crippen LogP contribution in [0.15, 0.2) is 72.8 Å². The molecule has 2 aromatic carbocycles. The van der Waals surface area contributed by atoms with Gasteiger partial charge in [-0.2, -0.15) is 0 Å². The van der Waals surface area contributed by atoms with E-state index in [1.807, 2.05) is 48.5 Å². The molecule has 2 aromatic rings. The van der Waals surface area contributed by atoms with Crippen molar-refractivity contribution in [2.24, 2.45) is 0 Å². The summed E-state index contributed by atoms with van der Waals surface area (Å²) in [5.41, 5.74) is 1.27. The predicted octanol–water partition coefficient (Wildman–Crippen LogP) is 3.82. The Morgan fingerprint density at radius 1 is 1.17 bits per heavy atom. The number of ether oxygens (including phenoxy) is 1. The highest BCUT2D eigenvalue weighted by Crippen LogP contribution is 2.42. The van der Waals surface area contributed by atoms with Crippen molar-refractivity contribution in [2.75, 3.05) is 20.2 Å². The number of nitrogens with zero attached hydrogens (tertiary/aromatic N) is 1. The summed E-state index contributed by atoms with van der Waals surface area (Å²) in [7, 11) is 2.07. The fraction of sp³-hybridized carbons (Fsp3) is 0.333. The topological polar surface area (TPSA) is 32.7 Å². The maximum atomic E-state index is 11.3. The van der Waals surface area contributed by atoms with Crippen LogP contribution in [0.1, 0.15) is 24.4 Å². The van der Waals surface area contributed by atoms with Crippen LogP contribution in [-0.4, -0.2) is 35.8 Å². The highest BCUT2D eigenvalue weighted by Gasteiger charge is 2.45. The fourth-order valence-electron chi connectivity index (χ4n) is 3.62. The Morgan fingerprint density at radius 3 is 2.46 bits per heavy atom. The number of rotatable bonds is 6. The zero-order valence-electron chi connectivity index (χ0n) is 14.2. The molecule has 3 nitrogen and oxygen atoms in total. The molecule has 3 heteroatoms. The molecule has 1 aliphatic rings. The van der Waals surface area contributed by atoms with Gasteiger partial charge in [-0.05, 0) is 36.7 Å². The number of benzene rings is 2. The molecule has 0 amide bonds. The van der Waals surface area contributed by atoms with Crippen molar-refractivity contribution in [3.8, 4) is 5.75 Å². The molecule has 1 aliphatic heterocycles. The number of hydrogen-bond acceptors (Lipinski definition) is 3. The molecule has 1 saturated heterocycles. The average Bonchev–Trinajstić information content (AvgIpc) is 2.89. The minimum Gasteiger partial charge on any atom is -0.489 e. The molecule has 3 rings (SSSR count). The lowest BCUT2D eigenvalue weighted by Crippen LogP contribution is -2.37. The summed E-state index contributed by atoms with van der Waals surface area (Å²) in [6.45, 7) is 5.43. The largest absolute Gasteiger partial charge is 0.489 e. The molecule has 0 aromatic heterocycles. The van der Waals surface area contributed by atoms with Gasteiger partial charge in [0.05, 0.1) is 11.6 Å². The van der Waals surface area contributed by atoms with Gasteiger partial charge in [0.2, 0.25) is 0 Å². The van der Waals surface area contributed by atoms with Crippen LogP contribution < -0.4 is 4.74 Å². The molecule has 1 fully saturated rings. The Bertz CT molecular complexity index is 671.